The summed E-state index contributed by atoms with van der Waals surface area (Å²) >= 11 is 0. The van der Waals surface area contributed by atoms with Crippen LogP contribution >= 0.6 is 0 Å². The lowest BCUT2D eigenvalue weighted by Gasteiger charge is -2.19. The molecule has 0 spiro atoms. The number of benzene rings is 6. The molecule has 0 saturated carbocycles. The van der Waals surface area contributed by atoms with Crippen molar-refractivity contribution in [2.45, 2.75) is 13.1 Å². The summed E-state index contributed by atoms with van der Waals surface area (Å²) in [4.78, 5) is 0. The lowest BCUT2D eigenvalue weighted by atomic mass is 9.94. The van der Waals surface area contributed by atoms with Crippen molar-refractivity contribution in [1.29, 1.82) is 0 Å². The molecule has 6 nitrogen and oxygen atoms in total. The zero-order valence-electron chi connectivity index (χ0n) is 28.6. The van der Waals surface area contributed by atoms with E-state index >= 15 is 0 Å². The Kier molecular flexibility index (Phi) is 7.59. The molecule has 2 heterocycles. The summed E-state index contributed by atoms with van der Waals surface area (Å²) in [6.07, 6.45) is -4.61. The number of halogens is 3. The highest BCUT2D eigenvalue weighted by atomic mass is 19.4. The average molecular weight is 687 g/mol. The predicted octanol–water partition coefficient (Wildman–Crippen LogP) is 10.9. The van der Waals surface area contributed by atoms with Crippen molar-refractivity contribution < 1.29 is 32.1 Å². The van der Waals surface area contributed by atoms with Crippen LogP contribution in [0.5, 0.6) is 23.0 Å². The minimum atomic E-state index is -4.61. The minimum absolute atomic E-state index is 0.0658. The molecule has 256 valence electrons. The molecule has 0 bridgehead atoms. The number of nitrogens with zero attached hydrogens (tertiary/aromatic N) is 2. The molecule has 0 saturated heterocycles. The van der Waals surface area contributed by atoms with Gasteiger partial charge in [-0.05, 0) is 102 Å². The van der Waals surface area contributed by atoms with Crippen molar-refractivity contribution in [2.24, 2.45) is 0 Å². The van der Waals surface area contributed by atoms with Gasteiger partial charge in [-0.25, -0.2) is 0 Å². The van der Waals surface area contributed by atoms with E-state index in [1.54, 1.807) is 34.5 Å². The topological polar surface area (TPSA) is 46.8 Å². The van der Waals surface area contributed by atoms with Crippen LogP contribution in [0, 0.1) is 6.92 Å². The highest BCUT2D eigenvalue weighted by Crippen LogP contribution is 2.43. The highest BCUT2D eigenvalue weighted by molar-refractivity contribution is 6.11. The first kappa shape index (κ1) is 32.1. The maximum atomic E-state index is 14.9. The van der Waals surface area contributed by atoms with Crippen molar-refractivity contribution in [3.05, 3.63) is 120 Å². The second-order valence-electron chi connectivity index (χ2n) is 12.4. The molecule has 0 amide bonds. The van der Waals surface area contributed by atoms with Gasteiger partial charge in [-0.15, -0.1) is 0 Å². The zero-order valence-corrected chi connectivity index (χ0v) is 28.6. The third-order valence-electron chi connectivity index (χ3n) is 9.70. The molecule has 9 heteroatoms. The average Bonchev–Trinajstić information content (AvgIpc) is 3.65. The van der Waals surface area contributed by atoms with Crippen molar-refractivity contribution in [2.75, 3.05) is 28.4 Å². The number of aryl methyl sites for hydroxylation is 1. The Morgan fingerprint density at radius 2 is 0.784 bits per heavy atom. The molecule has 2 aromatic heterocycles. The van der Waals surface area contributed by atoms with Gasteiger partial charge >= 0.3 is 6.18 Å². The largest absolute Gasteiger partial charge is 0.497 e. The predicted molar refractivity (Wildman–Crippen MR) is 197 cm³/mol. The lowest BCUT2D eigenvalue weighted by Crippen LogP contribution is -2.09. The Balaban J connectivity index is 1.41. The maximum Gasteiger partial charge on any atom is 0.417 e. The van der Waals surface area contributed by atoms with E-state index in [0.29, 0.717) is 45.5 Å². The van der Waals surface area contributed by atoms with E-state index in [4.69, 9.17) is 18.9 Å². The van der Waals surface area contributed by atoms with Crippen molar-refractivity contribution in [3.63, 3.8) is 0 Å². The standard InChI is InChI=1S/C42H33F3N2O4/c1-24-6-7-25(46-38-20-27(48-2)9-13-31(38)32-14-10-28(49-3)21-39(32)46)18-35(24)36-19-26(8-17-37(36)42(43,44)45)47-40-22-29(50-4)11-15-33(40)34-16-12-30(51-5)23-41(34)47/h6-23H,1-5H3. The normalized spacial score (nSPS) is 11.9. The van der Waals surface area contributed by atoms with Crippen molar-refractivity contribution >= 4 is 43.6 Å². The SMILES string of the molecule is COc1ccc2c3ccc(OC)cc3n(-c3ccc(C)c(-c4cc(-n5c6cc(OC)ccc6c6ccc(OC)cc65)ccc4C(F)(F)F)c3)c2c1. The number of aromatic nitrogens is 2. The number of hydrogen-bond acceptors (Lipinski definition) is 4. The molecule has 0 aliphatic rings. The van der Waals surface area contributed by atoms with Crippen LogP contribution in [-0.4, -0.2) is 37.6 Å². The third kappa shape index (κ3) is 5.19. The van der Waals surface area contributed by atoms with E-state index in [0.717, 1.165) is 43.6 Å². The van der Waals surface area contributed by atoms with Gasteiger partial charge < -0.3 is 28.1 Å². The smallest absolute Gasteiger partial charge is 0.417 e. The molecule has 0 aliphatic carbocycles. The third-order valence-corrected chi connectivity index (χ3v) is 9.70. The number of alkyl halides is 3. The van der Waals surface area contributed by atoms with Gasteiger partial charge in [-0.3, -0.25) is 0 Å². The molecular formula is C42H33F3N2O4. The van der Waals surface area contributed by atoms with E-state index in [9.17, 15) is 13.2 Å². The number of ether oxygens (including phenoxy) is 4. The summed E-state index contributed by atoms with van der Waals surface area (Å²) in [5.41, 5.74) is 5.04. The summed E-state index contributed by atoms with van der Waals surface area (Å²) in [6.45, 7) is 1.83. The van der Waals surface area contributed by atoms with Gasteiger partial charge in [0.2, 0.25) is 0 Å². The fourth-order valence-electron chi connectivity index (χ4n) is 7.20. The number of methoxy groups -OCH3 is 4. The summed E-state index contributed by atoms with van der Waals surface area (Å²) in [6, 6.07) is 33.1. The van der Waals surface area contributed by atoms with Crippen LogP contribution in [0.2, 0.25) is 0 Å². The Morgan fingerprint density at radius 1 is 0.431 bits per heavy atom. The molecule has 0 N–H and O–H groups in total. The van der Waals surface area contributed by atoms with E-state index in [1.807, 2.05) is 107 Å². The van der Waals surface area contributed by atoms with Crippen LogP contribution < -0.4 is 18.9 Å². The Labute approximate surface area is 291 Å². The van der Waals surface area contributed by atoms with Gasteiger partial charge in [0.1, 0.15) is 23.0 Å². The monoisotopic (exact) mass is 686 g/mol. The Morgan fingerprint density at radius 3 is 1.14 bits per heavy atom. The second-order valence-corrected chi connectivity index (χ2v) is 12.4. The molecular weight excluding hydrogens is 653 g/mol. The molecule has 0 atom stereocenters. The van der Waals surface area contributed by atoms with Gasteiger partial charge in [0.05, 0.1) is 56.1 Å². The van der Waals surface area contributed by atoms with Crippen LogP contribution in [0.4, 0.5) is 13.2 Å². The fraction of sp³-hybridized carbons (Fsp3) is 0.143. The summed E-state index contributed by atoms with van der Waals surface area (Å²) in [5.74, 6) is 2.59. The molecule has 51 heavy (non-hydrogen) atoms. The summed E-state index contributed by atoms with van der Waals surface area (Å²) in [7, 11) is 6.39. The van der Waals surface area contributed by atoms with Crippen LogP contribution in [0.25, 0.3) is 66.1 Å². The Hall–Kier alpha value is -6.09. The zero-order chi connectivity index (χ0) is 35.6. The van der Waals surface area contributed by atoms with Gasteiger partial charge in [0, 0.05) is 57.2 Å². The van der Waals surface area contributed by atoms with E-state index in [1.165, 1.54) is 12.1 Å². The molecule has 0 fully saturated rings. The van der Waals surface area contributed by atoms with Gasteiger partial charge in [-0.1, -0.05) is 6.07 Å². The van der Waals surface area contributed by atoms with Crippen LogP contribution in [0.3, 0.4) is 0 Å². The van der Waals surface area contributed by atoms with Crippen LogP contribution in [0.1, 0.15) is 11.1 Å². The number of fused-ring (bicyclic) bond motifs is 6. The molecule has 0 unspecified atom stereocenters. The van der Waals surface area contributed by atoms with Crippen molar-refractivity contribution in [3.8, 4) is 45.5 Å². The molecule has 0 radical (unpaired) electrons. The van der Waals surface area contributed by atoms with E-state index in [2.05, 4.69) is 0 Å². The van der Waals surface area contributed by atoms with Crippen molar-refractivity contribution in [1.82, 2.24) is 9.13 Å². The summed E-state index contributed by atoms with van der Waals surface area (Å²) in [5, 5.41) is 3.83. The first-order valence-corrected chi connectivity index (χ1v) is 16.3. The lowest BCUT2D eigenvalue weighted by molar-refractivity contribution is -0.137. The number of rotatable bonds is 7. The van der Waals surface area contributed by atoms with Crippen LogP contribution in [-0.2, 0) is 6.18 Å². The maximum absolute atomic E-state index is 14.9. The van der Waals surface area contributed by atoms with Gasteiger partial charge in [0.15, 0.2) is 0 Å². The second kappa shape index (κ2) is 12.1. The first-order valence-electron chi connectivity index (χ1n) is 16.3. The summed E-state index contributed by atoms with van der Waals surface area (Å²) < 4.78 is 71.1. The molecule has 6 aromatic carbocycles. The van der Waals surface area contributed by atoms with Gasteiger partial charge in [0.25, 0.3) is 0 Å². The first-order chi connectivity index (χ1) is 24.6. The molecule has 0 aliphatic heterocycles. The van der Waals surface area contributed by atoms with Crippen LogP contribution in [0.15, 0.2) is 109 Å². The fourth-order valence-corrected chi connectivity index (χ4v) is 7.20. The Bertz CT molecular complexity index is 2530. The molecule has 8 aromatic rings. The van der Waals surface area contributed by atoms with E-state index in [-0.39, 0.29) is 5.56 Å². The molecule has 8 rings (SSSR count). The number of hydrogen-bond donors (Lipinski definition) is 0. The quantitative estimate of drug-likeness (QED) is 0.167. The van der Waals surface area contributed by atoms with E-state index < -0.39 is 11.7 Å². The highest BCUT2D eigenvalue weighted by Gasteiger charge is 2.34. The van der Waals surface area contributed by atoms with Gasteiger partial charge in [-0.2, -0.15) is 13.2 Å². The minimum Gasteiger partial charge on any atom is -0.497 e.